The predicted octanol–water partition coefficient (Wildman–Crippen LogP) is 3.49. The number of hydrogen-bond acceptors (Lipinski definition) is 1. The average Bonchev–Trinajstić information content (AvgIpc) is 2.08. The van der Waals surface area contributed by atoms with E-state index in [1.807, 2.05) is 0 Å². The van der Waals surface area contributed by atoms with Gasteiger partial charge in [0, 0.05) is 21.6 Å². The molecule has 5 heteroatoms. The Balaban J connectivity index is 0.00000144. The summed E-state index contributed by atoms with van der Waals surface area (Å²) in [6.45, 7) is -0.0288. The molecule has 1 atom stereocenters. The summed E-state index contributed by atoms with van der Waals surface area (Å²) in [4.78, 5) is 0. The van der Waals surface area contributed by atoms with Crippen molar-refractivity contribution in [3.63, 3.8) is 0 Å². The highest BCUT2D eigenvalue weighted by Gasteiger charge is 2.11. The molecule has 1 rings (SSSR count). The van der Waals surface area contributed by atoms with Crippen LogP contribution in [0.25, 0.3) is 0 Å². The lowest BCUT2D eigenvalue weighted by atomic mass is 10.1. The number of hydrogen-bond donors (Lipinski definition) is 1. The van der Waals surface area contributed by atoms with E-state index >= 15 is 0 Å². The van der Waals surface area contributed by atoms with Gasteiger partial charge in [0.05, 0.1) is 0 Å². The maximum absolute atomic E-state index is 13.1. The highest BCUT2D eigenvalue weighted by atomic mass is 79.9. The zero-order valence-corrected chi connectivity index (χ0v) is 9.79. The van der Waals surface area contributed by atoms with Crippen LogP contribution in [-0.4, -0.2) is 6.54 Å². The first-order valence-corrected chi connectivity index (χ1v) is 4.61. The first-order chi connectivity index (χ1) is 5.65. The van der Waals surface area contributed by atoms with Crippen LogP contribution in [0, 0.1) is 0 Å². The van der Waals surface area contributed by atoms with Gasteiger partial charge in [-0.2, -0.15) is 0 Å². The molecular formula is C8H9BrCl2FN. The Bertz CT molecular complexity index is 283. The third-order valence-electron chi connectivity index (χ3n) is 1.50. The van der Waals surface area contributed by atoms with Crippen LogP contribution in [0.5, 0.6) is 0 Å². The zero-order valence-electron chi connectivity index (χ0n) is 6.64. The van der Waals surface area contributed by atoms with Gasteiger partial charge in [-0.05, 0) is 18.2 Å². The van der Waals surface area contributed by atoms with Crippen molar-refractivity contribution in [3.8, 4) is 0 Å². The highest BCUT2D eigenvalue weighted by molar-refractivity contribution is 9.10. The third kappa shape index (κ3) is 3.43. The number of halogens is 4. The highest BCUT2D eigenvalue weighted by Crippen LogP contribution is 2.28. The first kappa shape index (κ1) is 13.2. The Kier molecular flexibility index (Phi) is 5.88. The lowest BCUT2D eigenvalue weighted by molar-refractivity contribution is 0.351. The quantitative estimate of drug-likeness (QED) is 0.886. The van der Waals surface area contributed by atoms with Crippen molar-refractivity contribution < 1.29 is 4.39 Å². The van der Waals surface area contributed by atoms with Crippen LogP contribution < -0.4 is 5.73 Å². The van der Waals surface area contributed by atoms with Crippen LogP contribution >= 0.6 is 39.9 Å². The van der Waals surface area contributed by atoms with E-state index in [1.165, 1.54) is 0 Å². The van der Waals surface area contributed by atoms with Gasteiger partial charge in [0.1, 0.15) is 6.17 Å². The second-order valence-electron chi connectivity index (χ2n) is 2.37. The maximum atomic E-state index is 13.1. The minimum atomic E-state index is -1.15. The Morgan fingerprint density at radius 2 is 2.15 bits per heavy atom. The molecule has 1 aromatic rings. The smallest absolute Gasteiger partial charge is 0.138 e. The van der Waals surface area contributed by atoms with Crippen molar-refractivity contribution in [3.05, 3.63) is 33.3 Å². The monoisotopic (exact) mass is 287 g/mol. The third-order valence-corrected chi connectivity index (χ3v) is 2.46. The molecule has 1 aromatic carbocycles. The van der Waals surface area contributed by atoms with Crippen molar-refractivity contribution in [2.45, 2.75) is 6.17 Å². The van der Waals surface area contributed by atoms with Gasteiger partial charge in [0.15, 0.2) is 0 Å². The van der Waals surface area contributed by atoms with Crippen LogP contribution in [0.15, 0.2) is 22.7 Å². The van der Waals surface area contributed by atoms with Crippen LogP contribution in [-0.2, 0) is 0 Å². The maximum Gasteiger partial charge on any atom is 0.138 e. The molecule has 2 N–H and O–H groups in total. The van der Waals surface area contributed by atoms with Gasteiger partial charge in [-0.25, -0.2) is 4.39 Å². The molecule has 0 heterocycles. The molecular weight excluding hydrogens is 280 g/mol. The summed E-state index contributed by atoms with van der Waals surface area (Å²) in [6, 6.07) is 4.97. The Labute approximate surface area is 96.0 Å². The van der Waals surface area contributed by atoms with Crippen LogP contribution in [0.3, 0.4) is 0 Å². The fourth-order valence-electron chi connectivity index (χ4n) is 0.882. The summed E-state index contributed by atoms with van der Waals surface area (Å²) in [6.07, 6.45) is -1.15. The first-order valence-electron chi connectivity index (χ1n) is 3.44. The molecule has 0 aliphatic heterocycles. The summed E-state index contributed by atoms with van der Waals surface area (Å²) >= 11 is 8.91. The molecule has 0 amide bonds. The van der Waals surface area contributed by atoms with E-state index in [0.29, 0.717) is 15.1 Å². The Hall–Kier alpha value is 0.170. The predicted molar refractivity (Wildman–Crippen MR) is 59.3 cm³/mol. The van der Waals surface area contributed by atoms with Gasteiger partial charge in [-0.15, -0.1) is 12.4 Å². The molecule has 0 radical (unpaired) electrons. The summed E-state index contributed by atoms with van der Waals surface area (Å²) < 4.78 is 13.8. The molecule has 0 spiro atoms. The van der Waals surface area contributed by atoms with Crippen molar-refractivity contribution in [1.29, 1.82) is 0 Å². The van der Waals surface area contributed by atoms with Crippen LogP contribution in [0.2, 0.25) is 5.02 Å². The summed E-state index contributed by atoms with van der Waals surface area (Å²) in [5, 5.41) is 0.518. The molecule has 13 heavy (non-hydrogen) atoms. The normalized spacial score (nSPS) is 12.0. The second kappa shape index (κ2) is 5.81. The molecule has 0 saturated carbocycles. The molecule has 0 bridgehead atoms. The molecule has 1 unspecified atom stereocenters. The lowest BCUT2D eigenvalue weighted by Gasteiger charge is -2.07. The molecule has 0 fully saturated rings. The number of benzene rings is 1. The fraction of sp³-hybridized carbons (Fsp3) is 0.250. The van der Waals surface area contributed by atoms with Crippen molar-refractivity contribution in [2.24, 2.45) is 5.73 Å². The van der Waals surface area contributed by atoms with Gasteiger partial charge >= 0.3 is 0 Å². The van der Waals surface area contributed by atoms with Crippen LogP contribution in [0.1, 0.15) is 11.7 Å². The summed E-state index contributed by atoms with van der Waals surface area (Å²) in [5.41, 5.74) is 5.69. The van der Waals surface area contributed by atoms with Crippen molar-refractivity contribution in [2.75, 3.05) is 6.54 Å². The van der Waals surface area contributed by atoms with Gasteiger partial charge in [-0.3, -0.25) is 0 Å². The molecule has 74 valence electrons. The molecule has 0 aliphatic rings. The van der Waals surface area contributed by atoms with Crippen molar-refractivity contribution >= 4 is 39.9 Å². The number of rotatable bonds is 2. The fourth-order valence-corrected chi connectivity index (χ4v) is 1.56. The van der Waals surface area contributed by atoms with E-state index in [4.69, 9.17) is 17.3 Å². The zero-order chi connectivity index (χ0) is 9.14. The minimum Gasteiger partial charge on any atom is -0.327 e. The SMILES string of the molecule is Cl.NCC(F)c1cc(Cl)ccc1Br. The molecule has 0 aliphatic carbocycles. The summed E-state index contributed by atoms with van der Waals surface area (Å²) in [5.74, 6) is 0. The molecule has 1 nitrogen and oxygen atoms in total. The number of alkyl halides is 1. The Morgan fingerprint density at radius 3 is 2.69 bits per heavy atom. The molecule has 0 saturated heterocycles. The van der Waals surface area contributed by atoms with Gasteiger partial charge < -0.3 is 5.73 Å². The standard InChI is InChI=1S/C8H8BrClFN.ClH/c9-7-2-1-5(10)3-6(7)8(11)4-12;/h1-3,8H,4,12H2;1H. The van der Waals surface area contributed by atoms with Gasteiger partial charge in [0.2, 0.25) is 0 Å². The molecule has 0 aromatic heterocycles. The van der Waals surface area contributed by atoms with E-state index in [0.717, 1.165) is 0 Å². The topological polar surface area (TPSA) is 26.0 Å². The van der Waals surface area contributed by atoms with E-state index in [9.17, 15) is 4.39 Å². The van der Waals surface area contributed by atoms with Gasteiger partial charge in [0.25, 0.3) is 0 Å². The van der Waals surface area contributed by atoms with Crippen LogP contribution in [0.4, 0.5) is 4.39 Å². The Morgan fingerprint density at radius 1 is 1.54 bits per heavy atom. The second-order valence-corrected chi connectivity index (χ2v) is 3.66. The van der Waals surface area contributed by atoms with E-state index < -0.39 is 6.17 Å². The summed E-state index contributed by atoms with van der Waals surface area (Å²) in [7, 11) is 0. The lowest BCUT2D eigenvalue weighted by Crippen LogP contribution is -2.08. The van der Waals surface area contributed by atoms with E-state index in [2.05, 4.69) is 15.9 Å². The van der Waals surface area contributed by atoms with Crippen molar-refractivity contribution in [1.82, 2.24) is 0 Å². The number of nitrogens with two attached hydrogens (primary N) is 1. The van der Waals surface area contributed by atoms with E-state index in [1.54, 1.807) is 18.2 Å². The minimum absolute atomic E-state index is 0. The largest absolute Gasteiger partial charge is 0.327 e. The van der Waals surface area contributed by atoms with E-state index in [-0.39, 0.29) is 19.0 Å². The average molecular weight is 289 g/mol. The van der Waals surface area contributed by atoms with Gasteiger partial charge in [-0.1, -0.05) is 27.5 Å².